The van der Waals surface area contributed by atoms with Gasteiger partial charge >= 0.3 is 0 Å². The fourth-order valence-corrected chi connectivity index (χ4v) is 3.34. The lowest BCUT2D eigenvalue weighted by Gasteiger charge is -2.16. The number of halogens is 1. The molecule has 0 spiro atoms. The van der Waals surface area contributed by atoms with E-state index in [1.54, 1.807) is 0 Å². The van der Waals surface area contributed by atoms with Gasteiger partial charge in [-0.25, -0.2) is 9.98 Å². The predicted octanol–water partition coefficient (Wildman–Crippen LogP) is 2.80. The van der Waals surface area contributed by atoms with Gasteiger partial charge in [0.25, 0.3) is 0 Å². The second-order valence-corrected chi connectivity index (χ2v) is 6.45. The Morgan fingerprint density at radius 1 is 1.04 bits per heavy atom. The smallest absolute Gasteiger partial charge is 0.154 e. The molecule has 0 bridgehead atoms. The number of para-hydroxylation sites is 2. The van der Waals surface area contributed by atoms with E-state index in [0.29, 0.717) is 6.04 Å². The first-order valence-corrected chi connectivity index (χ1v) is 8.41. The van der Waals surface area contributed by atoms with E-state index < -0.39 is 0 Å². The van der Waals surface area contributed by atoms with Gasteiger partial charge in [-0.15, -0.1) is 0 Å². The maximum absolute atomic E-state index is 6.00. The Balaban J connectivity index is 1.76. The maximum Gasteiger partial charge on any atom is 0.154 e. The van der Waals surface area contributed by atoms with Crippen molar-refractivity contribution in [1.82, 2.24) is 5.32 Å². The number of hydrogen-bond donors (Lipinski definition) is 1. The third kappa shape index (κ3) is 3.07. The molecule has 2 aromatic carbocycles. The summed E-state index contributed by atoms with van der Waals surface area (Å²) in [7, 11) is 0. The lowest BCUT2D eigenvalue weighted by atomic mass is 9.97. The zero-order chi connectivity index (χ0) is 15.6. The first kappa shape index (κ1) is 14.6. The van der Waals surface area contributed by atoms with Crippen LogP contribution in [-0.2, 0) is 6.42 Å². The summed E-state index contributed by atoms with van der Waals surface area (Å²) in [5.41, 5.74) is 2.52. The van der Waals surface area contributed by atoms with Crippen LogP contribution in [0.2, 0.25) is 5.02 Å². The first-order chi connectivity index (χ1) is 11.3. The third-order valence-corrected chi connectivity index (χ3v) is 4.66. The van der Waals surface area contributed by atoms with E-state index in [1.165, 1.54) is 17.6 Å². The second kappa shape index (κ2) is 6.26. The largest absolute Gasteiger partial charge is 0.310 e. The summed E-state index contributed by atoms with van der Waals surface area (Å²) in [5, 5.41) is 6.29. The predicted molar refractivity (Wildman–Crippen MR) is 92.0 cm³/mol. The second-order valence-electron chi connectivity index (χ2n) is 6.01. The summed E-state index contributed by atoms with van der Waals surface area (Å²) in [6.45, 7) is 1.06. The molecule has 2 aliphatic rings. The number of rotatable bonds is 3. The molecule has 0 aromatic heterocycles. The summed E-state index contributed by atoms with van der Waals surface area (Å²) < 4.78 is 0. The lowest BCUT2D eigenvalue weighted by molar-refractivity contribution is 0.662. The van der Waals surface area contributed by atoms with E-state index in [-0.39, 0.29) is 0 Å². The van der Waals surface area contributed by atoms with E-state index in [4.69, 9.17) is 21.6 Å². The van der Waals surface area contributed by atoms with Crippen molar-refractivity contribution in [2.24, 2.45) is 9.98 Å². The molecule has 116 valence electrons. The first-order valence-electron chi connectivity index (χ1n) is 8.03. The fraction of sp³-hybridized carbons (Fsp3) is 0.263. The quantitative estimate of drug-likeness (QED) is 0.926. The van der Waals surface area contributed by atoms with Crippen LogP contribution >= 0.6 is 11.6 Å². The minimum Gasteiger partial charge on any atom is -0.310 e. The zero-order valence-electron chi connectivity index (χ0n) is 12.8. The number of nitrogens with one attached hydrogen (secondary N) is 1. The average Bonchev–Trinajstić information content (AvgIpc) is 3.23. The number of benzene rings is 2. The molecule has 2 heterocycles. The highest BCUT2D eigenvalue weighted by molar-refractivity contribution is 6.30. The normalized spacial score (nSPS) is 19.2. The molecule has 23 heavy (non-hydrogen) atoms. The molecule has 0 amide bonds. The molecule has 1 N–H and O–H groups in total. The number of hydrogen-bond acceptors (Lipinski definition) is 3. The van der Waals surface area contributed by atoms with Crippen LogP contribution in [0.3, 0.4) is 0 Å². The van der Waals surface area contributed by atoms with Crippen molar-refractivity contribution in [3.8, 4) is 0 Å². The Hall–Kier alpha value is -1.97. The maximum atomic E-state index is 6.00. The molecule has 2 aliphatic heterocycles. The standard InChI is InChI=1S/C19H18ClN3/c20-14-9-7-13(8-10-14)12-15(16-6-3-11-21-16)19-22-17-4-1-2-5-18(17)23-19/h1-2,4-5,7-10,16,21H,3,6,11-12H2. The molecule has 0 radical (unpaired) electrons. The van der Waals surface area contributed by atoms with Gasteiger partial charge in [-0.1, -0.05) is 35.9 Å². The van der Waals surface area contributed by atoms with Crippen molar-refractivity contribution in [3.05, 3.63) is 81.2 Å². The third-order valence-electron chi connectivity index (χ3n) is 4.41. The van der Waals surface area contributed by atoms with E-state index in [1.807, 2.05) is 36.4 Å². The Morgan fingerprint density at radius 2 is 1.74 bits per heavy atom. The van der Waals surface area contributed by atoms with Crippen LogP contribution in [0, 0.1) is 0 Å². The van der Waals surface area contributed by atoms with Crippen molar-refractivity contribution >= 4 is 11.6 Å². The van der Waals surface area contributed by atoms with Gasteiger partial charge in [0.15, 0.2) is 5.82 Å². The van der Waals surface area contributed by atoms with Crippen LogP contribution < -0.4 is 16.0 Å². The summed E-state index contributed by atoms with van der Waals surface area (Å²) in [4.78, 5) is 9.51. The Morgan fingerprint density at radius 3 is 2.35 bits per heavy atom. The summed E-state index contributed by atoms with van der Waals surface area (Å²) in [6.07, 6.45) is 3.20. The van der Waals surface area contributed by atoms with Crippen LogP contribution in [0.1, 0.15) is 18.4 Å². The molecule has 2 aromatic rings. The van der Waals surface area contributed by atoms with Gasteiger partial charge in [-0.3, -0.25) is 0 Å². The molecule has 1 fully saturated rings. The summed E-state index contributed by atoms with van der Waals surface area (Å²) in [6, 6.07) is 16.5. The van der Waals surface area contributed by atoms with Crippen molar-refractivity contribution in [2.45, 2.75) is 25.3 Å². The van der Waals surface area contributed by atoms with Crippen LogP contribution in [0.4, 0.5) is 0 Å². The minimum absolute atomic E-state index is 0.363. The fourth-order valence-electron chi connectivity index (χ4n) is 3.21. The van der Waals surface area contributed by atoms with Gasteiger partial charge in [0.2, 0.25) is 0 Å². The van der Waals surface area contributed by atoms with Crippen molar-refractivity contribution in [2.75, 3.05) is 6.54 Å². The number of fused-ring (bicyclic) bond motifs is 1. The van der Waals surface area contributed by atoms with Gasteiger partial charge in [-0.2, -0.15) is 0 Å². The van der Waals surface area contributed by atoms with Gasteiger partial charge in [0.05, 0.1) is 10.7 Å². The van der Waals surface area contributed by atoms with Crippen molar-refractivity contribution in [3.63, 3.8) is 0 Å². The number of nitrogens with zero attached hydrogens (tertiary/aromatic N) is 2. The highest BCUT2D eigenvalue weighted by Gasteiger charge is 2.23. The van der Waals surface area contributed by atoms with Crippen LogP contribution in [0.25, 0.3) is 0 Å². The van der Waals surface area contributed by atoms with E-state index >= 15 is 0 Å². The van der Waals surface area contributed by atoms with Gasteiger partial charge in [0.1, 0.15) is 0 Å². The van der Waals surface area contributed by atoms with Crippen molar-refractivity contribution < 1.29 is 0 Å². The van der Waals surface area contributed by atoms with Crippen molar-refractivity contribution in [1.29, 1.82) is 0 Å². The van der Waals surface area contributed by atoms with Crippen LogP contribution in [-0.4, -0.2) is 12.6 Å². The topological polar surface area (TPSA) is 36.8 Å². The van der Waals surface area contributed by atoms with Gasteiger partial charge in [-0.05, 0) is 61.2 Å². The Labute approximate surface area is 140 Å². The molecule has 0 aliphatic carbocycles. The Bertz CT molecular complexity index is 825. The highest BCUT2D eigenvalue weighted by Crippen LogP contribution is 2.24. The van der Waals surface area contributed by atoms with Crippen LogP contribution in [0.15, 0.2) is 69.9 Å². The van der Waals surface area contributed by atoms with E-state index in [2.05, 4.69) is 17.4 Å². The van der Waals surface area contributed by atoms with Crippen LogP contribution in [0.5, 0.6) is 0 Å². The summed E-state index contributed by atoms with van der Waals surface area (Å²) in [5.74, 6) is 0.876. The summed E-state index contributed by atoms with van der Waals surface area (Å²) >= 11 is 6.00. The molecule has 1 saturated heterocycles. The lowest BCUT2D eigenvalue weighted by Crippen LogP contribution is -2.25. The molecule has 0 saturated carbocycles. The van der Waals surface area contributed by atoms with Gasteiger partial charge in [0, 0.05) is 11.1 Å². The molecule has 3 nitrogen and oxygen atoms in total. The van der Waals surface area contributed by atoms with E-state index in [9.17, 15) is 0 Å². The monoisotopic (exact) mass is 323 g/mol. The SMILES string of the molecule is Clc1ccc(CC(=C2N=c3ccccc3=N2)C2CCCN2)cc1. The molecule has 1 atom stereocenters. The molecule has 4 rings (SSSR count). The van der Waals surface area contributed by atoms with Gasteiger partial charge < -0.3 is 5.32 Å². The zero-order valence-corrected chi connectivity index (χ0v) is 13.6. The van der Waals surface area contributed by atoms with E-state index in [0.717, 1.165) is 40.9 Å². The minimum atomic E-state index is 0.363. The Kier molecular flexibility index (Phi) is 3.98. The average molecular weight is 324 g/mol. The highest BCUT2D eigenvalue weighted by atomic mass is 35.5. The molecular formula is C19H18ClN3. The molecule has 1 unspecified atom stereocenters. The molecule has 4 heteroatoms. The molecular weight excluding hydrogens is 306 g/mol.